The summed E-state index contributed by atoms with van der Waals surface area (Å²) < 4.78 is 33.0. The number of rotatable bonds is 10. The lowest BCUT2D eigenvalue weighted by Crippen LogP contribution is -2.51. The highest BCUT2D eigenvalue weighted by molar-refractivity contribution is 5.54. The van der Waals surface area contributed by atoms with Gasteiger partial charge in [-0.3, -0.25) is 0 Å². The zero-order chi connectivity index (χ0) is 26.4. The van der Waals surface area contributed by atoms with Crippen LogP contribution in [0.15, 0.2) is 103 Å². The Bertz CT molecular complexity index is 1310. The minimum Gasteiger partial charge on any atom is -0.485 e. The van der Waals surface area contributed by atoms with E-state index in [1.165, 1.54) is 23.3 Å². The maximum Gasteiger partial charge on any atom is 0.132 e. The molecule has 196 valence electrons. The third kappa shape index (κ3) is 6.42. The topological polar surface area (TPSA) is 39.7 Å². The van der Waals surface area contributed by atoms with E-state index in [0.717, 1.165) is 35.5 Å². The van der Waals surface area contributed by atoms with Gasteiger partial charge >= 0.3 is 0 Å². The van der Waals surface area contributed by atoms with E-state index in [4.69, 9.17) is 14.2 Å². The summed E-state index contributed by atoms with van der Waals surface area (Å²) in [6.45, 7) is 5.65. The molecule has 5 rings (SSSR count). The first-order valence-corrected chi connectivity index (χ1v) is 13.1. The van der Waals surface area contributed by atoms with Crippen LogP contribution in [0.25, 0.3) is 0 Å². The molecule has 0 saturated carbocycles. The highest BCUT2D eigenvalue weighted by Crippen LogP contribution is 2.44. The summed E-state index contributed by atoms with van der Waals surface area (Å²) in [6.07, 6.45) is 0.0847. The van der Waals surface area contributed by atoms with Gasteiger partial charge in [0.2, 0.25) is 0 Å². The normalized spacial score (nSPS) is 17.9. The SMILES string of the molecule is CC1(C)Oc2ccc(NCc3ccccc3)cc2C(OCCc2ccccc2)C1OCc1ccc(F)cc1. The Morgan fingerprint density at radius 3 is 2.18 bits per heavy atom. The fourth-order valence-electron chi connectivity index (χ4n) is 4.82. The molecule has 0 amide bonds. The molecule has 1 heterocycles. The van der Waals surface area contributed by atoms with Crippen molar-refractivity contribution in [2.24, 2.45) is 0 Å². The van der Waals surface area contributed by atoms with Gasteiger partial charge < -0.3 is 19.5 Å². The van der Waals surface area contributed by atoms with Gasteiger partial charge in [-0.05, 0) is 67.3 Å². The zero-order valence-electron chi connectivity index (χ0n) is 21.9. The van der Waals surface area contributed by atoms with Crippen LogP contribution < -0.4 is 10.1 Å². The van der Waals surface area contributed by atoms with E-state index in [1.807, 2.05) is 62.4 Å². The Morgan fingerprint density at radius 1 is 0.789 bits per heavy atom. The standard InChI is InChI=1S/C33H34FNO3/c1-33(2)32(37-23-26-13-15-27(34)16-14-26)31(36-20-19-24-9-5-3-6-10-24)29-21-28(17-18-30(29)38-33)35-22-25-11-7-4-8-12-25/h3-18,21,31-32,35H,19-20,22-23H2,1-2H3. The zero-order valence-corrected chi connectivity index (χ0v) is 21.9. The van der Waals surface area contributed by atoms with Crippen LogP contribution in [-0.4, -0.2) is 18.3 Å². The number of fused-ring (bicyclic) bond motifs is 1. The summed E-state index contributed by atoms with van der Waals surface area (Å²) >= 11 is 0. The lowest BCUT2D eigenvalue weighted by Gasteiger charge is -2.44. The van der Waals surface area contributed by atoms with Crippen molar-refractivity contribution in [2.75, 3.05) is 11.9 Å². The smallest absolute Gasteiger partial charge is 0.132 e. The van der Waals surface area contributed by atoms with E-state index in [-0.39, 0.29) is 18.0 Å². The number of halogens is 1. The second-order valence-electron chi connectivity index (χ2n) is 10.2. The summed E-state index contributed by atoms with van der Waals surface area (Å²) in [5, 5.41) is 3.52. The summed E-state index contributed by atoms with van der Waals surface area (Å²) in [6, 6.07) is 33.2. The molecule has 2 atom stereocenters. The van der Waals surface area contributed by atoms with Crippen LogP contribution in [0.3, 0.4) is 0 Å². The number of hydrogen-bond acceptors (Lipinski definition) is 4. The molecule has 2 unspecified atom stereocenters. The van der Waals surface area contributed by atoms with Gasteiger partial charge in [-0.15, -0.1) is 0 Å². The van der Waals surface area contributed by atoms with E-state index in [0.29, 0.717) is 13.2 Å². The Balaban J connectivity index is 1.39. The second-order valence-corrected chi connectivity index (χ2v) is 10.2. The van der Waals surface area contributed by atoms with E-state index in [2.05, 4.69) is 35.6 Å². The molecule has 0 bridgehead atoms. The molecule has 0 fully saturated rings. The lowest BCUT2D eigenvalue weighted by molar-refractivity contribution is -0.167. The Kier molecular flexibility index (Phi) is 8.06. The molecule has 4 nitrogen and oxygen atoms in total. The Hall–Kier alpha value is -3.67. The Labute approximate surface area is 224 Å². The van der Waals surface area contributed by atoms with Gasteiger partial charge in [0.15, 0.2) is 0 Å². The highest BCUT2D eigenvalue weighted by Gasteiger charge is 2.45. The molecule has 0 saturated heterocycles. The minimum absolute atomic E-state index is 0.262. The monoisotopic (exact) mass is 511 g/mol. The van der Waals surface area contributed by atoms with Crippen molar-refractivity contribution in [3.05, 3.63) is 131 Å². The first-order chi connectivity index (χ1) is 18.5. The molecule has 4 aromatic carbocycles. The molecule has 4 aromatic rings. The minimum atomic E-state index is -0.635. The molecule has 0 spiro atoms. The fourth-order valence-corrected chi connectivity index (χ4v) is 4.82. The maximum absolute atomic E-state index is 13.4. The number of ether oxygens (including phenoxy) is 3. The average Bonchev–Trinajstić information content (AvgIpc) is 2.93. The molecule has 1 aliphatic heterocycles. The average molecular weight is 512 g/mol. The fraction of sp³-hybridized carbons (Fsp3) is 0.273. The number of nitrogens with one attached hydrogen (secondary N) is 1. The molecule has 0 aliphatic carbocycles. The predicted octanol–water partition coefficient (Wildman–Crippen LogP) is 7.49. The quantitative estimate of drug-likeness (QED) is 0.239. The third-order valence-corrected chi connectivity index (χ3v) is 6.86. The van der Waals surface area contributed by atoms with Crippen molar-refractivity contribution in [3.63, 3.8) is 0 Å². The van der Waals surface area contributed by atoms with Crippen LogP contribution >= 0.6 is 0 Å². The van der Waals surface area contributed by atoms with Crippen LogP contribution in [0.1, 0.15) is 42.2 Å². The summed E-state index contributed by atoms with van der Waals surface area (Å²) in [5.41, 5.74) is 4.64. The van der Waals surface area contributed by atoms with Crippen LogP contribution in [0, 0.1) is 5.82 Å². The molecule has 1 N–H and O–H groups in total. The number of hydrogen-bond donors (Lipinski definition) is 1. The van der Waals surface area contributed by atoms with E-state index in [9.17, 15) is 4.39 Å². The summed E-state index contributed by atoms with van der Waals surface area (Å²) in [4.78, 5) is 0. The molecule has 0 aromatic heterocycles. The molecule has 0 radical (unpaired) electrons. The van der Waals surface area contributed by atoms with Gasteiger partial charge in [0.25, 0.3) is 0 Å². The van der Waals surface area contributed by atoms with Crippen LogP contribution in [0.4, 0.5) is 10.1 Å². The van der Waals surface area contributed by atoms with Crippen LogP contribution in [0.5, 0.6) is 5.75 Å². The lowest BCUT2D eigenvalue weighted by atomic mass is 9.87. The predicted molar refractivity (Wildman–Crippen MR) is 149 cm³/mol. The van der Waals surface area contributed by atoms with E-state index < -0.39 is 5.60 Å². The maximum atomic E-state index is 13.4. The van der Waals surface area contributed by atoms with Gasteiger partial charge in [0, 0.05) is 17.8 Å². The highest BCUT2D eigenvalue weighted by atomic mass is 19.1. The second kappa shape index (κ2) is 11.8. The van der Waals surface area contributed by atoms with Crippen molar-refractivity contribution in [1.29, 1.82) is 0 Å². The largest absolute Gasteiger partial charge is 0.485 e. The molecule has 38 heavy (non-hydrogen) atoms. The first kappa shape index (κ1) is 26.0. The molecule has 1 aliphatic rings. The molecular weight excluding hydrogens is 477 g/mol. The molecular formula is C33H34FNO3. The van der Waals surface area contributed by atoms with Crippen LogP contribution in [0.2, 0.25) is 0 Å². The van der Waals surface area contributed by atoms with Crippen molar-refractivity contribution < 1.29 is 18.6 Å². The van der Waals surface area contributed by atoms with E-state index >= 15 is 0 Å². The third-order valence-electron chi connectivity index (χ3n) is 6.86. The first-order valence-electron chi connectivity index (χ1n) is 13.1. The number of anilines is 1. The van der Waals surface area contributed by atoms with Crippen molar-refractivity contribution in [1.82, 2.24) is 0 Å². The van der Waals surface area contributed by atoms with Crippen molar-refractivity contribution in [2.45, 2.75) is 51.2 Å². The van der Waals surface area contributed by atoms with Gasteiger partial charge in [-0.25, -0.2) is 4.39 Å². The number of benzene rings is 4. The van der Waals surface area contributed by atoms with Gasteiger partial charge in [-0.2, -0.15) is 0 Å². The van der Waals surface area contributed by atoms with E-state index in [1.54, 1.807) is 12.1 Å². The van der Waals surface area contributed by atoms with Crippen LogP contribution in [-0.2, 0) is 29.0 Å². The summed E-state index contributed by atoms with van der Waals surface area (Å²) in [7, 11) is 0. The van der Waals surface area contributed by atoms with Gasteiger partial charge in [0.05, 0.1) is 13.2 Å². The Morgan fingerprint density at radius 2 is 1.47 bits per heavy atom. The van der Waals surface area contributed by atoms with Gasteiger partial charge in [-0.1, -0.05) is 72.8 Å². The summed E-state index contributed by atoms with van der Waals surface area (Å²) in [5.74, 6) is 0.535. The van der Waals surface area contributed by atoms with Gasteiger partial charge in [0.1, 0.15) is 29.4 Å². The van der Waals surface area contributed by atoms with Crippen molar-refractivity contribution in [3.8, 4) is 5.75 Å². The molecule has 5 heteroatoms. The van der Waals surface area contributed by atoms with Crippen molar-refractivity contribution >= 4 is 5.69 Å².